The summed E-state index contributed by atoms with van der Waals surface area (Å²) in [6.45, 7) is 32.3. The van der Waals surface area contributed by atoms with Crippen LogP contribution in [0.3, 0.4) is 0 Å². The van der Waals surface area contributed by atoms with Crippen molar-refractivity contribution in [2.24, 2.45) is 5.92 Å². The van der Waals surface area contributed by atoms with Gasteiger partial charge in [0.1, 0.15) is 0 Å². The van der Waals surface area contributed by atoms with Gasteiger partial charge < -0.3 is 19.8 Å². The van der Waals surface area contributed by atoms with Gasteiger partial charge in [0, 0.05) is 11.7 Å². The Morgan fingerprint density at radius 1 is 0.655 bits per heavy atom. The number of fused-ring (bicyclic) bond motifs is 2. The number of nitrogens with zero attached hydrogens (tertiary/aromatic N) is 1. The molecule has 1 aliphatic heterocycles. The van der Waals surface area contributed by atoms with Crippen molar-refractivity contribution < 1.29 is 23.3 Å². The summed E-state index contributed by atoms with van der Waals surface area (Å²) in [5, 5.41) is 2.66. The molecule has 1 aliphatic carbocycles. The van der Waals surface area contributed by atoms with Gasteiger partial charge in [0.25, 0.3) is 0 Å². The van der Waals surface area contributed by atoms with Crippen LogP contribution in [0.2, 0.25) is 0 Å². The summed E-state index contributed by atoms with van der Waals surface area (Å²) in [6, 6.07) is 36.9. The molecule has 58 heavy (non-hydrogen) atoms. The Labute approximate surface area is 383 Å². The van der Waals surface area contributed by atoms with Crippen LogP contribution >= 0.6 is 24.8 Å². The van der Waals surface area contributed by atoms with Crippen LogP contribution in [0, 0.1) is 33.8 Å². The van der Waals surface area contributed by atoms with Gasteiger partial charge in [-0.3, -0.25) is 0 Å². The summed E-state index contributed by atoms with van der Waals surface area (Å²) in [4.78, 5) is 2.42. The molecular formula is C53H67Cl2NSiZr-4. The molecule has 5 heteroatoms. The first-order valence-electron chi connectivity index (χ1n) is 19.4. The molecule has 5 aromatic carbocycles. The maximum absolute atomic E-state index is 3.56. The molecule has 0 aromatic heterocycles. The molecule has 310 valence electrons. The van der Waals surface area contributed by atoms with Gasteiger partial charge in [-0.05, 0) is 69.0 Å². The van der Waals surface area contributed by atoms with E-state index in [9.17, 15) is 0 Å². The van der Waals surface area contributed by atoms with Crippen molar-refractivity contribution in [3.05, 3.63) is 169 Å². The summed E-state index contributed by atoms with van der Waals surface area (Å²) in [5.41, 5.74) is 16.3. The van der Waals surface area contributed by atoms with Crippen molar-refractivity contribution in [3.63, 3.8) is 0 Å². The Balaban J connectivity index is 0.000000540. The first-order valence-corrected chi connectivity index (χ1v) is 23.6. The van der Waals surface area contributed by atoms with Gasteiger partial charge >= 0.3 is 30.2 Å². The Morgan fingerprint density at radius 3 is 1.55 bits per heavy atom. The predicted molar refractivity (Wildman–Crippen MR) is 260 cm³/mol. The molecule has 7 rings (SSSR count). The predicted octanol–water partition coefficient (Wildman–Crippen LogP) is 15.6. The molecule has 0 saturated heterocycles. The number of aryl methyl sites for hydroxylation is 1. The van der Waals surface area contributed by atoms with E-state index in [-0.39, 0.29) is 55.9 Å². The van der Waals surface area contributed by atoms with Crippen LogP contribution in [0.1, 0.15) is 105 Å². The van der Waals surface area contributed by atoms with Gasteiger partial charge in [0.15, 0.2) is 0 Å². The molecule has 0 saturated carbocycles. The third-order valence-corrected chi connectivity index (χ3v) is 10.7. The average Bonchev–Trinajstić information content (AvgIpc) is 3.79. The number of anilines is 1. The van der Waals surface area contributed by atoms with Crippen LogP contribution in [0.25, 0.3) is 33.0 Å². The van der Waals surface area contributed by atoms with E-state index in [2.05, 4.69) is 217 Å². The van der Waals surface area contributed by atoms with Crippen molar-refractivity contribution in [3.8, 4) is 22.3 Å². The number of halogens is 2. The van der Waals surface area contributed by atoms with Crippen molar-refractivity contribution in [2.75, 3.05) is 4.90 Å². The minimum absolute atomic E-state index is 0. The summed E-state index contributed by atoms with van der Waals surface area (Å²) in [6.07, 6.45) is 8.18. The third-order valence-electron chi connectivity index (χ3n) is 10.7. The molecule has 1 heterocycles. The number of hydrogen-bond acceptors (Lipinski definition) is 1. The van der Waals surface area contributed by atoms with Crippen LogP contribution in [-0.2, 0) is 39.6 Å². The minimum atomic E-state index is 0. The third kappa shape index (κ3) is 12.2. The Kier molecular flexibility index (Phi) is 19.4. The summed E-state index contributed by atoms with van der Waals surface area (Å²) >= 11 is 1.36. The van der Waals surface area contributed by atoms with E-state index in [4.69, 9.17) is 0 Å². The molecule has 2 aliphatic rings. The Hall–Kier alpha value is -2.81. The molecule has 1 nitrogen and oxygen atoms in total. The first-order chi connectivity index (χ1) is 25.3. The summed E-state index contributed by atoms with van der Waals surface area (Å²) in [5.74, 6) is 0.527. The molecule has 0 fully saturated rings. The summed E-state index contributed by atoms with van der Waals surface area (Å²) in [7, 11) is 0. The normalized spacial score (nSPS) is 14.5. The van der Waals surface area contributed by atoms with Gasteiger partial charge in [-0.1, -0.05) is 167 Å². The zero-order valence-electron chi connectivity index (χ0n) is 37.8. The van der Waals surface area contributed by atoms with E-state index in [1.807, 2.05) is 0 Å². The fourth-order valence-electron chi connectivity index (χ4n) is 7.34. The standard InChI is InChI=1S/C30H33.C21H26N.2CH3.2ClH.Si.Zr/c1-20-16-24-18-23(21-8-12-25(13-9-21)29(2,3)4)19-28(27(24)17-20)22-10-14-26(15-11-22)30(5,6)7;1-14(2)16-12-17-11-15(3)22(20(17)13-16)19-9-7-18(8-10-19)21(4,5)6;;;;;;/h8-19H,1-7H3;7-11,13-15H,1-6H3;2*1H3;2*1H;;/q4*-1;;;;. The molecule has 1 unspecified atom stereocenters. The van der Waals surface area contributed by atoms with Crippen LogP contribution in [0.15, 0.2) is 126 Å². The van der Waals surface area contributed by atoms with E-state index in [1.165, 1.54) is 101 Å². The van der Waals surface area contributed by atoms with E-state index in [1.54, 1.807) is 0 Å². The number of allylic oxidation sites excluding steroid dienone is 3. The molecule has 1 atom stereocenters. The van der Waals surface area contributed by atoms with Gasteiger partial charge in [-0.2, -0.15) is 6.07 Å². The molecule has 0 amide bonds. The van der Waals surface area contributed by atoms with Crippen LogP contribution < -0.4 is 4.90 Å². The quantitative estimate of drug-likeness (QED) is 0.128. The maximum atomic E-state index is 3.56. The molecule has 0 spiro atoms. The molecule has 2 radical (unpaired) electrons. The number of benzene rings is 4. The zero-order chi connectivity index (χ0) is 39.7. The fourth-order valence-corrected chi connectivity index (χ4v) is 7.34. The second-order valence-corrected chi connectivity index (χ2v) is 18.5. The molecular weight excluding hydrogens is 841 g/mol. The Bertz CT molecular complexity index is 2180. The van der Waals surface area contributed by atoms with Crippen molar-refractivity contribution >= 4 is 48.2 Å². The summed E-state index contributed by atoms with van der Waals surface area (Å²) < 4.78 is 0. The first kappa shape index (κ1) is 53.2. The van der Waals surface area contributed by atoms with Gasteiger partial charge in [0.05, 0.1) is 0 Å². The van der Waals surface area contributed by atoms with E-state index >= 15 is 0 Å². The van der Waals surface area contributed by atoms with Crippen molar-refractivity contribution in [1.82, 2.24) is 0 Å². The monoisotopic (exact) mass is 905 g/mol. The number of hydrogen-bond donors (Lipinski definition) is 0. The van der Waals surface area contributed by atoms with Gasteiger partial charge in [-0.25, -0.2) is 0 Å². The van der Waals surface area contributed by atoms with Crippen molar-refractivity contribution in [1.29, 1.82) is 0 Å². The average molecular weight is 908 g/mol. The molecule has 0 bridgehead atoms. The molecule has 5 aromatic rings. The number of rotatable bonds is 4. The van der Waals surface area contributed by atoms with E-state index in [0.717, 1.165) is 0 Å². The van der Waals surface area contributed by atoms with Crippen LogP contribution in [0.4, 0.5) is 5.69 Å². The second kappa shape index (κ2) is 21.1. The fraction of sp³-hybridized carbons (Fsp3) is 0.340. The Morgan fingerprint density at radius 2 is 1.10 bits per heavy atom. The SMILES string of the molecule is CC(C)C1=[C-]C2=CC(C)N(c3ccc(C(C)(C)C)cc3)C2=C1.Cc1cc2c(-c3ccc(C(C)(C)C)cc3)cc(-c3ccc(C(C)(C)C)cc3)cc2[cH-]1.Cl.Cl.[CH3-].[CH3-].[Si]=[Zr]. The zero-order valence-corrected chi connectivity index (χ0v) is 42.9. The van der Waals surface area contributed by atoms with E-state index in [0.29, 0.717) is 12.0 Å². The van der Waals surface area contributed by atoms with Gasteiger partial charge in [0.2, 0.25) is 0 Å². The van der Waals surface area contributed by atoms with Crippen LogP contribution in [-0.4, -0.2) is 12.9 Å². The topological polar surface area (TPSA) is 3.24 Å². The second-order valence-electron chi connectivity index (χ2n) is 18.5. The van der Waals surface area contributed by atoms with Crippen LogP contribution in [0.5, 0.6) is 0 Å². The van der Waals surface area contributed by atoms with Gasteiger partial charge in [-0.15, -0.1) is 82.7 Å². The van der Waals surface area contributed by atoms with Crippen molar-refractivity contribution in [2.45, 2.75) is 112 Å². The molecule has 0 N–H and O–H groups in total. The van der Waals surface area contributed by atoms with E-state index < -0.39 is 0 Å².